The van der Waals surface area contributed by atoms with Crippen molar-refractivity contribution in [2.75, 3.05) is 57.9 Å². The topological polar surface area (TPSA) is 63.3 Å². The Morgan fingerprint density at radius 1 is 1.07 bits per heavy atom. The molecular weight excluding hydrogens is 365 g/mol. The molecule has 1 spiro atoms. The van der Waals surface area contributed by atoms with Crippen molar-refractivity contribution >= 4 is 11.7 Å². The number of rotatable bonds is 2. The van der Waals surface area contributed by atoms with E-state index in [2.05, 4.69) is 10.2 Å². The Balaban J connectivity index is 1.43. The fraction of sp³-hybridized carbons (Fsp3) is 0.650. The predicted molar refractivity (Wildman–Crippen MR) is 102 cm³/mol. The molecule has 3 fully saturated rings. The standard InChI is InChI=1S/C20H28FN3O4/c21-17-4-1-2-5-18(17)22-19(25)24-9-13-28-20(15-24)14-23(8-3-10-27-20)16-6-11-26-12-7-16/h1-2,4-5,16H,3,6-15H2,(H,22,25). The maximum absolute atomic E-state index is 13.9. The Hall–Kier alpha value is -1.74. The summed E-state index contributed by atoms with van der Waals surface area (Å²) in [6.45, 7) is 4.92. The van der Waals surface area contributed by atoms with E-state index < -0.39 is 11.6 Å². The molecule has 1 N–H and O–H groups in total. The molecule has 0 radical (unpaired) electrons. The average Bonchev–Trinajstić information content (AvgIpc) is 2.93. The summed E-state index contributed by atoms with van der Waals surface area (Å²) in [7, 11) is 0. The van der Waals surface area contributed by atoms with Gasteiger partial charge in [0.15, 0.2) is 5.79 Å². The van der Waals surface area contributed by atoms with Gasteiger partial charge in [-0.25, -0.2) is 9.18 Å². The van der Waals surface area contributed by atoms with Crippen LogP contribution in [0.25, 0.3) is 0 Å². The third kappa shape index (κ3) is 4.46. The quantitative estimate of drug-likeness (QED) is 0.835. The average molecular weight is 393 g/mol. The van der Waals surface area contributed by atoms with Gasteiger partial charge in [0, 0.05) is 32.3 Å². The molecule has 0 bridgehead atoms. The van der Waals surface area contributed by atoms with Crippen LogP contribution in [0.5, 0.6) is 0 Å². The van der Waals surface area contributed by atoms with E-state index in [1.54, 1.807) is 23.1 Å². The van der Waals surface area contributed by atoms with Crippen LogP contribution < -0.4 is 5.32 Å². The first-order valence-electron chi connectivity index (χ1n) is 10.1. The number of amides is 2. The first-order valence-corrected chi connectivity index (χ1v) is 10.1. The second-order valence-electron chi connectivity index (χ2n) is 7.61. The number of nitrogens with zero attached hydrogens (tertiary/aromatic N) is 2. The molecule has 0 aliphatic carbocycles. The van der Waals surface area contributed by atoms with Gasteiger partial charge in [-0.2, -0.15) is 0 Å². The molecule has 7 nitrogen and oxygen atoms in total. The summed E-state index contributed by atoms with van der Waals surface area (Å²) >= 11 is 0. The predicted octanol–water partition coefficient (Wildman–Crippen LogP) is 2.29. The second-order valence-corrected chi connectivity index (χ2v) is 7.61. The summed E-state index contributed by atoms with van der Waals surface area (Å²) in [5.74, 6) is -1.28. The van der Waals surface area contributed by atoms with E-state index in [1.165, 1.54) is 6.07 Å². The monoisotopic (exact) mass is 393 g/mol. The molecule has 4 rings (SSSR count). The largest absolute Gasteiger partial charge is 0.381 e. The number of carbonyl (C=O) groups is 1. The van der Waals surface area contributed by atoms with Crippen molar-refractivity contribution in [3.63, 3.8) is 0 Å². The van der Waals surface area contributed by atoms with Crippen molar-refractivity contribution < 1.29 is 23.4 Å². The SMILES string of the molecule is O=C(Nc1ccccc1F)N1CCOC2(C1)CN(C1CCOCC1)CCCO2. The number of para-hydroxylation sites is 1. The number of carbonyl (C=O) groups excluding carboxylic acids is 1. The number of ether oxygens (including phenoxy) is 3. The van der Waals surface area contributed by atoms with Crippen molar-refractivity contribution in [2.45, 2.75) is 31.1 Å². The van der Waals surface area contributed by atoms with Crippen LogP contribution in [0.3, 0.4) is 0 Å². The number of morpholine rings is 1. The maximum atomic E-state index is 13.9. The molecule has 3 saturated heterocycles. The number of anilines is 1. The molecule has 8 heteroatoms. The van der Waals surface area contributed by atoms with E-state index in [-0.39, 0.29) is 11.7 Å². The lowest BCUT2D eigenvalue weighted by Gasteiger charge is -2.44. The number of benzene rings is 1. The molecular formula is C20H28FN3O4. The molecule has 3 aliphatic rings. The van der Waals surface area contributed by atoms with Crippen LogP contribution in [0.15, 0.2) is 24.3 Å². The highest BCUT2D eigenvalue weighted by atomic mass is 19.1. The number of hydrogen-bond donors (Lipinski definition) is 1. The van der Waals surface area contributed by atoms with Crippen molar-refractivity contribution in [2.24, 2.45) is 0 Å². The molecule has 3 aliphatic heterocycles. The van der Waals surface area contributed by atoms with Gasteiger partial charge in [0.2, 0.25) is 0 Å². The minimum absolute atomic E-state index is 0.179. The van der Waals surface area contributed by atoms with Crippen LogP contribution in [0.2, 0.25) is 0 Å². The van der Waals surface area contributed by atoms with Crippen LogP contribution in [0.1, 0.15) is 19.3 Å². The first kappa shape index (κ1) is 19.6. The lowest BCUT2D eigenvalue weighted by molar-refractivity contribution is -0.262. The lowest BCUT2D eigenvalue weighted by atomic mass is 10.1. The van der Waals surface area contributed by atoms with Gasteiger partial charge >= 0.3 is 6.03 Å². The Labute approximate surface area is 164 Å². The maximum Gasteiger partial charge on any atom is 0.322 e. The molecule has 3 heterocycles. The summed E-state index contributed by atoms with van der Waals surface area (Å²) in [5, 5.41) is 2.66. The number of hydrogen-bond acceptors (Lipinski definition) is 5. The zero-order valence-electron chi connectivity index (χ0n) is 16.1. The van der Waals surface area contributed by atoms with Crippen molar-refractivity contribution in [3.8, 4) is 0 Å². The Bertz CT molecular complexity index is 685. The van der Waals surface area contributed by atoms with E-state index >= 15 is 0 Å². The minimum Gasteiger partial charge on any atom is -0.381 e. The van der Waals surface area contributed by atoms with Crippen molar-refractivity contribution in [1.29, 1.82) is 0 Å². The molecule has 1 aromatic carbocycles. The zero-order chi connectivity index (χ0) is 19.4. The van der Waals surface area contributed by atoms with Crippen LogP contribution >= 0.6 is 0 Å². The van der Waals surface area contributed by atoms with E-state index in [1.807, 2.05) is 0 Å². The van der Waals surface area contributed by atoms with Crippen molar-refractivity contribution in [1.82, 2.24) is 9.80 Å². The summed E-state index contributed by atoms with van der Waals surface area (Å²) in [6.07, 6.45) is 2.95. The van der Waals surface area contributed by atoms with Gasteiger partial charge in [-0.3, -0.25) is 4.90 Å². The molecule has 1 aromatic rings. The van der Waals surface area contributed by atoms with E-state index in [0.29, 0.717) is 38.9 Å². The first-order chi connectivity index (χ1) is 13.7. The molecule has 1 unspecified atom stereocenters. The summed E-state index contributed by atoms with van der Waals surface area (Å²) < 4.78 is 31.6. The minimum atomic E-state index is -0.834. The normalized spacial score (nSPS) is 27.5. The van der Waals surface area contributed by atoms with Crippen LogP contribution in [0.4, 0.5) is 14.9 Å². The van der Waals surface area contributed by atoms with Gasteiger partial charge in [0.25, 0.3) is 0 Å². The van der Waals surface area contributed by atoms with Gasteiger partial charge in [-0.15, -0.1) is 0 Å². The fourth-order valence-electron chi connectivity index (χ4n) is 4.19. The Morgan fingerprint density at radius 3 is 2.68 bits per heavy atom. The highest BCUT2D eigenvalue weighted by Gasteiger charge is 2.43. The number of halogens is 1. The third-order valence-electron chi connectivity index (χ3n) is 5.67. The summed E-state index contributed by atoms with van der Waals surface area (Å²) in [5.41, 5.74) is 0.179. The van der Waals surface area contributed by atoms with Crippen LogP contribution in [-0.4, -0.2) is 80.3 Å². The zero-order valence-corrected chi connectivity index (χ0v) is 16.1. The second kappa shape index (κ2) is 8.73. The molecule has 0 aromatic heterocycles. The van der Waals surface area contributed by atoms with E-state index in [0.717, 1.165) is 39.0 Å². The lowest BCUT2D eigenvalue weighted by Crippen LogP contribution is -2.60. The van der Waals surface area contributed by atoms with Crippen LogP contribution in [0, 0.1) is 5.82 Å². The van der Waals surface area contributed by atoms with Gasteiger partial charge in [0.05, 0.1) is 32.0 Å². The number of nitrogens with one attached hydrogen (secondary N) is 1. The molecule has 1 atom stereocenters. The highest BCUT2D eigenvalue weighted by molar-refractivity contribution is 5.89. The fourth-order valence-corrected chi connectivity index (χ4v) is 4.19. The Kier molecular flexibility index (Phi) is 6.10. The van der Waals surface area contributed by atoms with Gasteiger partial charge in [-0.1, -0.05) is 12.1 Å². The Morgan fingerprint density at radius 2 is 1.86 bits per heavy atom. The smallest absolute Gasteiger partial charge is 0.322 e. The van der Waals surface area contributed by atoms with Gasteiger partial charge in [-0.05, 0) is 31.4 Å². The van der Waals surface area contributed by atoms with Gasteiger partial charge in [0.1, 0.15) is 5.82 Å². The van der Waals surface area contributed by atoms with Crippen LogP contribution in [-0.2, 0) is 14.2 Å². The van der Waals surface area contributed by atoms with Gasteiger partial charge < -0.3 is 24.4 Å². The summed E-state index contributed by atoms with van der Waals surface area (Å²) in [6, 6.07) is 6.30. The number of urea groups is 1. The van der Waals surface area contributed by atoms with Crippen molar-refractivity contribution in [3.05, 3.63) is 30.1 Å². The summed E-state index contributed by atoms with van der Waals surface area (Å²) in [4.78, 5) is 16.8. The third-order valence-corrected chi connectivity index (χ3v) is 5.67. The molecule has 154 valence electrons. The molecule has 0 saturated carbocycles. The molecule has 28 heavy (non-hydrogen) atoms. The van der Waals surface area contributed by atoms with E-state index in [9.17, 15) is 9.18 Å². The molecule has 2 amide bonds. The van der Waals surface area contributed by atoms with E-state index in [4.69, 9.17) is 14.2 Å². The highest BCUT2D eigenvalue weighted by Crippen LogP contribution is 2.28.